The molecule has 0 saturated carbocycles. The molecule has 0 aliphatic heterocycles. The van der Waals surface area contributed by atoms with Gasteiger partial charge in [-0.25, -0.2) is 4.98 Å². The molecule has 0 unspecified atom stereocenters. The normalized spacial score (nSPS) is 10.9. The number of amides is 1. The van der Waals surface area contributed by atoms with Gasteiger partial charge in [-0.1, -0.05) is 64.0 Å². The SMILES string of the molecule is Cc1cc(C)c(NC(=O)c2cc(-c3ccc(Br)cc3)nc3ccccc23)c(C)c1. The van der Waals surface area contributed by atoms with E-state index in [0.29, 0.717) is 5.56 Å². The number of carbonyl (C=O) groups is 1. The largest absolute Gasteiger partial charge is 0.321 e. The number of anilines is 1. The van der Waals surface area contributed by atoms with Crippen molar-refractivity contribution in [1.29, 1.82) is 0 Å². The van der Waals surface area contributed by atoms with Crippen molar-refractivity contribution in [2.75, 3.05) is 5.32 Å². The molecule has 0 fully saturated rings. The van der Waals surface area contributed by atoms with Crippen LogP contribution in [-0.4, -0.2) is 10.9 Å². The van der Waals surface area contributed by atoms with Crippen molar-refractivity contribution < 1.29 is 4.79 Å². The van der Waals surface area contributed by atoms with Gasteiger partial charge in [-0.05, 0) is 56.2 Å². The van der Waals surface area contributed by atoms with Crippen LogP contribution in [0.2, 0.25) is 0 Å². The van der Waals surface area contributed by atoms with Gasteiger partial charge >= 0.3 is 0 Å². The third kappa shape index (κ3) is 3.94. The Bertz CT molecular complexity index is 1210. The molecule has 1 amide bonds. The second-order valence-electron chi connectivity index (χ2n) is 7.31. The van der Waals surface area contributed by atoms with Crippen molar-refractivity contribution in [3.8, 4) is 11.3 Å². The van der Waals surface area contributed by atoms with Crippen LogP contribution < -0.4 is 5.32 Å². The van der Waals surface area contributed by atoms with Crippen LogP contribution in [-0.2, 0) is 0 Å². The number of hydrogen-bond donors (Lipinski definition) is 1. The van der Waals surface area contributed by atoms with Crippen LogP contribution in [0.25, 0.3) is 22.2 Å². The fraction of sp³-hybridized carbons (Fsp3) is 0.120. The summed E-state index contributed by atoms with van der Waals surface area (Å²) in [7, 11) is 0. The number of halogens is 1. The molecule has 0 aliphatic rings. The summed E-state index contributed by atoms with van der Waals surface area (Å²) in [5, 5.41) is 3.97. The summed E-state index contributed by atoms with van der Waals surface area (Å²) in [6.07, 6.45) is 0. The van der Waals surface area contributed by atoms with E-state index in [1.807, 2.05) is 68.4 Å². The maximum absolute atomic E-state index is 13.3. The van der Waals surface area contributed by atoms with E-state index < -0.39 is 0 Å². The topological polar surface area (TPSA) is 42.0 Å². The molecular formula is C25H21BrN2O. The Morgan fingerprint density at radius 3 is 2.24 bits per heavy atom. The first-order valence-electron chi connectivity index (χ1n) is 9.47. The van der Waals surface area contributed by atoms with E-state index in [0.717, 1.165) is 43.4 Å². The molecule has 4 rings (SSSR count). The minimum absolute atomic E-state index is 0.128. The number of aromatic nitrogens is 1. The summed E-state index contributed by atoms with van der Waals surface area (Å²) in [6.45, 7) is 6.10. The third-order valence-electron chi connectivity index (χ3n) is 5.02. The number of nitrogens with zero attached hydrogens (tertiary/aromatic N) is 1. The van der Waals surface area contributed by atoms with Crippen LogP contribution in [0.15, 0.2) is 71.2 Å². The van der Waals surface area contributed by atoms with Gasteiger partial charge in [-0.2, -0.15) is 0 Å². The molecule has 1 heterocycles. The molecular weight excluding hydrogens is 424 g/mol. The highest BCUT2D eigenvalue weighted by atomic mass is 79.9. The zero-order valence-electron chi connectivity index (χ0n) is 16.6. The summed E-state index contributed by atoms with van der Waals surface area (Å²) < 4.78 is 1.00. The van der Waals surface area contributed by atoms with Gasteiger partial charge in [0.15, 0.2) is 0 Å². The molecule has 4 heteroatoms. The third-order valence-corrected chi connectivity index (χ3v) is 5.55. The van der Waals surface area contributed by atoms with E-state index in [-0.39, 0.29) is 5.91 Å². The fourth-order valence-corrected chi connectivity index (χ4v) is 3.95. The minimum Gasteiger partial charge on any atom is -0.321 e. The number of benzene rings is 3. The Balaban J connectivity index is 1.82. The Hall–Kier alpha value is -2.98. The molecule has 29 heavy (non-hydrogen) atoms. The molecule has 0 radical (unpaired) electrons. The van der Waals surface area contributed by atoms with Crippen molar-refractivity contribution in [3.05, 3.63) is 93.5 Å². The van der Waals surface area contributed by atoms with Gasteiger partial charge in [-0.15, -0.1) is 0 Å². The summed E-state index contributed by atoms with van der Waals surface area (Å²) in [5.41, 5.74) is 7.33. The average Bonchev–Trinajstić information content (AvgIpc) is 2.70. The van der Waals surface area contributed by atoms with Crippen LogP contribution in [0.1, 0.15) is 27.0 Å². The minimum atomic E-state index is -0.128. The van der Waals surface area contributed by atoms with Crippen molar-refractivity contribution in [1.82, 2.24) is 4.98 Å². The smallest absolute Gasteiger partial charge is 0.256 e. The average molecular weight is 445 g/mol. The van der Waals surface area contributed by atoms with E-state index in [2.05, 4.69) is 40.3 Å². The second kappa shape index (κ2) is 7.80. The molecule has 0 saturated heterocycles. The number of pyridine rings is 1. The highest BCUT2D eigenvalue weighted by Gasteiger charge is 2.16. The Morgan fingerprint density at radius 1 is 0.897 bits per heavy atom. The molecule has 1 N–H and O–H groups in total. The molecule has 4 aromatic rings. The van der Waals surface area contributed by atoms with Gasteiger partial charge in [0.25, 0.3) is 5.91 Å². The standard InChI is InChI=1S/C25H21BrN2O/c1-15-12-16(2)24(17(3)13-15)28-25(29)21-14-23(18-8-10-19(26)11-9-18)27-22-7-5-4-6-20(21)22/h4-14H,1-3H3,(H,28,29). The first-order chi connectivity index (χ1) is 13.9. The van der Waals surface area contributed by atoms with Crippen molar-refractivity contribution in [2.24, 2.45) is 0 Å². The van der Waals surface area contributed by atoms with Crippen molar-refractivity contribution in [3.63, 3.8) is 0 Å². The van der Waals surface area contributed by atoms with Crippen LogP contribution in [0.5, 0.6) is 0 Å². The molecule has 144 valence electrons. The molecule has 0 spiro atoms. The molecule has 3 nitrogen and oxygen atoms in total. The Labute approximate surface area is 178 Å². The zero-order valence-corrected chi connectivity index (χ0v) is 18.2. The van der Waals surface area contributed by atoms with Gasteiger partial charge in [0.05, 0.1) is 16.8 Å². The van der Waals surface area contributed by atoms with Gasteiger partial charge in [0.1, 0.15) is 0 Å². The predicted octanol–water partition coefficient (Wildman–Crippen LogP) is 6.84. The number of fused-ring (bicyclic) bond motifs is 1. The maximum Gasteiger partial charge on any atom is 0.256 e. The number of carbonyl (C=O) groups excluding carboxylic acids is 1. The molecule has 3 aromatic carbocycles. The second-order valence-corrected chi connectivity index (χ2v) is 8.22. The highest BCUT2D eigenvalue weighted by Crippen LogP contribution is 2.28. The van der Waals surface area contributed by atoms with E-state index in [4.69, 9.17) is 4.98 Å². The van der Waals surface area contributed by atoms with Gasteiger partial charge < -0.3 is 5.32 Å². The first kappa shape index (κ1) is 19.3. The van der Waals surface area contributed by atoms with Crippen molar-refractivity contribution >= 4 is 38.4 Å². The van der Waals surface area contributed by atoms with E-state index in [1.54, 1.807) is 0 Å². The van der Waals surface area contributed by atoms with Crippen molar-refractivity contribution in [2.45, 2.75) is 20.8 Å². The maximum atomic E-state index is 13.3. The van der Waals surface area contributed by atoms with Crippen LogP contribution >= 0.6 is 15.9 Å². The predicted molar refractivity (Wildman–Crippen MR) is 123 cm³/mol. The first-order valence-corrected chi connectivity index (χ1v) is 10.3. The van der Waals surface area contributed by atoms with E-state index >= 15 is 0 Å². The number of aryl methyl sites for hydroxylation is 3. The number of rotatable bonds is 3. The van der Waals surface area contributed by atoms with E-state index in [1.165, 1.54) is 5.56 Å². The summed E-state index contributed by atoms with van der Waals surface area (Å²) in [5.74, 6) is -0.128. The molecule has 0 atom stereocenters. The number of hydrogen-bond acceptors (Lipinski definition) is 2. The quantitative estimate of drug-likeness (QED) is 0.375. The Morgan fingerprint density at radius 2 is 1.55 bits per heavy atom. The zero-order chi connectivity index (χ0) is 20.5. The lowest BCUT2D eigenvalue weighted by atomic mass is 10.0. The fourth-order valence-electron chi connectivity index (χ4n) is 3.69. The summed E-state index contributed by atoms with van der Waals surface area (Å²) in [6, 6.07) is 21.7. The van der Waals surface area contributed by atoms with Crippen LogP contribution in [0.4, 0.5) is 5.69 Å². The molecule has 1 aromatic heterocycles. The molecule has 0 aliphatic carbocycles. The number of nitrogens with one attached hydrogen (secondary N) is 1. The molecule has 0 bridgehead atoms. The lowest BCUT2D eigenvalue weighted by Gasteiger charge is -2.15. The summed E-state index contributed by atoms with van der Waals surface area (Å²) in [4.78, 5) is 18.1. The lowest BCUT2D eigenvalue weighted by Crippen LogP contribution is -2.15. The van der Waals surface area contributed by atoms with Gasteiger partial charge in [-0.3, -0.25) is 4.79 Å². The number of para-hydroxylation sites is 1. The lowest BCUT2D eigenvalue weighted by molar-refractivity contribution is 0.102. The summed E-state index contributed by atoms with van der Waals surface area (Å²) >= 11 is 3.47. The van der Waals surface area contributed by atoms with Crippen LogP contribution in [0.3, 0.4) is 0 Å². The van der Waals surface area contributed by atoms with E-state index in [9.17, 15) is 4.79 Å². The van der Waals surface area contributed by atoms with Gasteiger partial charge in [0, 0.05) is 21.1 Å². The van der Waals surface area contributed by atoms with Crippen LogP contribution in [0, 0.1) is 20.8 Å². The highest BCUT2D eigenvalue weighted by molar-refractivity contribution is 9.10. The monoisotopic (exact) mass is 444 g/mol. The van der Waals surface area contributed by atoms with Gasteiger partial charge in [0.2, 0.25) is 0 Å². The Kier molecular flexibility index (Phi) is 5.20.